The molecule has 128 valence electrons. The highest BCUT2D eigenvalue weighted by Crippen LogP contribution is 2.19. The lowest BCUT2D eigenvalue weighted by molar-refractivity contribution is 0.0594. The number of piperazine rings is 1. The number of carbonyl (C=O) groups is 1. The van der Waals surface area contributed by atoms with Gasteiger partial charge >= 0.3 is 0 Å². The SMILES string of the molecule is COCCN1CCN(C(=O)c2ccc3nc(OC)ccc3c2)CC1. The van der Waals surface area contributed by atoms with Crippen molar-refractivity contribution >= 4 is 16.8 Å². The molecule has 6 heteroatoms. The normalized spacial score (nSPS) is 15.7. The van der Waals surface area contributed by atoms with Crippen molar-refractivity contribution in [2.24, 2.45) is 0 Å². The maximum absolute atomic E-state index is 12.7. The number of amides is 1. The maximum Gasteiger partial charge on any atom is 0.253 e. The summed E-state index contributed by atoms with van der Waals surface area (Å²) in [5.74, 6) is 0.660. The van der Waals surface area contributed by atoms with E-state index < -0.39 is 0 Å². The second kappa shape index (κ2) is 7.59. The number of nitrogens with zero attached hydrogens (tertiary/aromatic N) is 3. The van der Waals surface area contributed by atoms with Crippen molar-refractivity contribution < 1.29 is 14.3 Å². The molecular formula is C18H23N3O3. The topological polar surface area (TPSA) is 54.9 Å². The van der Waals surface area contributed by atoms with E-state index in [1.165, 1.54) is 0 Å². The van der Waals surface area contributed by atoms with Gasteiger partial charge in [0.2, 0.25) is 5.88 Å². The number of carbonyl (C=O) groups excluding carboxylic acids is 1. The summed E-state index contributed by atoms with van der Waals surface area (Å²) in [6.45, 7) is 4.93. The summed E-state index contributed by atoms with van der Waals surface area (Å²) in [4.78, 5) is 21.3. The van der Waals surface area contributed by atoms with Gasteiger partial charge in [-0.3, -0.25) is 9.69 Å². The maximum atomic E-state index is 12.7. The van der Waals surface area contributed by atoms with Crippen LogP contribution in [0.5, 0.6) is 5.88 Å². The van der Waals surface area contributed by atoms with Gasteiger partial charge in [0, 0.05) is 56.8 Å². The number of hydrogen-bond donors (Lipinski definition) is 0. The van der Waals surface area contributed by atoms with Gasteiger partial charge in [-0.15, -0.1) is 0 Å². The third-order valence-corrected chi connectivity index (χ3v) is 4.39. The number of aromatic nitrogens is 1. The van der Waals surface area contributed by atoms with E-state index in [4.69, 9.17) is 9.47 Å². The molecule has 1 amide bonds. The molecule has 1 aliphatic rings. The molecule has 0 N–H and O–H groups in total. The predicted octanol–water partition coefficient (Wildman–Crippen LogP) is 1.65. The second-order valence-electron chi connectivity index (χ2n) is 5.89. The molecule has 2 heterocycles. The van der Waals surface area contributed by atoms with Crippen molar-refractivity contribution in [3.63, 3.8) is 0 Å². The fourth-order valence-corrected chi connectivity index (χ4v) is 2.93. The van der Waals surface area contributed by atoms with Gasteiger partial charge in [0.15, 0.2) is 0 Å². The summed E-state index contributed by atoms with van der Waals surface area (Å²) in [6, 6.07) is 9.36. The third kappa shape index (κ3) is 3.66. The highest BCUT2D eigenvalue weighted by atomic mass is 16.5. The highest BCUT2D eigenvalue weighted by molar-refractivity contribution is 5.98. The Labute approximate surface area is 142 Å². The molecule has 6 nitrogen and oxygen atoms in total. The van der Waals surface area contributed by atoms with Gasteiger partial charge in [0.05, 0.1) is 19.2 Å². The van der Waals surface area contributed by atoms with Crippen LogP contribution in [0.15, 0.2) is 30.3 Å². The lowest BCUT2D eigenvalue weighted by Crippen LogP contribution is -2.49. The minimum absolute atomic E-state index is 0.0825. The van der Waals surface area contributed by atoms with E-state index in [1.807, 2.05) is 35.2 Å². The van der Waals surface area contributed by atoms with Crippen molar-refractivity contribution in [3.05, 3.63) is 35.9 Å². The summed E-state index contributed by atoms with van der Waals surface area (Å²) in [5.41, 5.74) is 1.54. The van der Waals surface area contributed by atoms with Gasteiger partial charge in [-0.05, 0) is 24.3 Å². The smallest absolute Gasteiger partial charge is 0.253 e. The lowest BCUT2D eigenvalue weighted by atomic mass is 10.1. The number of ether oxygens (including phenoxy) is 2. The molecule has 1 aromatic carbocycles. The Kier molecular flexibility index (Phi) is 5.27. The van der Waals surface area contributed by atoms with E-state index in [2.05, 4.69) is 9.88 Å². The monoisotopic (exact) mass is 329 g/mol. The molecule has 0 radical (unpaired) electrons. The lowest BCUT2D eigenvalue weighted by Gasteiger charge is -2.34. The molecule has 0 bridgehead atoms. The van der Waals surface area contributed by atoms with Crippen molar-refractivity contribution in [1.29, 1.82) is 0 Å². The molecule has 1 aromatic heterocycles. The van der Waals surface area contributed by atoms with Gasteiger partial charge in [-0.1, -0.05) is 0 Å². The molecule has 0 aliphatic carbocycles. The Morgan fingerprint density at radius 1 is 1.12 bits per heavy atom. The Bertz CT molecular complexity index is 712. The first kappa shape index (κ1) is 16.7. The molecule has 3 rings (SSSR count). The number of pyridine rings is 1. The average molecular weight is 329 g/mol. The van der Waals surface area contributed by atoms with Crippen LogP contribution in [0.3, 0.4) is 0 Å². The van der Waals surface area contributed by atoms with E-state index in [0.29, 0.717) is 11.4 Å². The van der Waals surface area contributed by atoms with E-state index in [9.17, 15) is 4.79 Å². The minimum Gasteiger partial charge on any atom is -0.481 e. The summed E-state index contributed by atoms with van der Waals surface area (Å²) >= 11 is 0. The first-order chi connectivity index (χ1) is 11.7. The molecule has 1 saturated heterocycles. The van der Waals surface area contributed by atoms with Gasteiger partial charge < -0.3 is 14.4 Å². The molecule has 1 fully saturated rings. The molecule has 0 unspecified atom stereocenters. The Balaban J connectivity index is 1.68. The number of fused-ring (bicyclic) bond motifs is 1. The average Bonchev–Trinajstić information content (AvgIpc) is 2.65. The van der Waals surface area contributed by atoms with Crippen LogP contribution in [-0.2, 0) is 4.74 Å². The van der Waals surface area contributed by atoms with Crippen LogP contribution in [-0.4, -0.2) is 74.2 Å². The number of benzene rings is 1. The van der Waals surface area contributed by atoms with Crippen molar-refractivity contribution in [1.82, 2.24) is 14.8 Å². The molecule has 0 saturated carbocycles. The minimum atomic E-state index is 0.0825. The van der Waals surface area contributed by atoms with Crippen LogP contribution < -0.4 is 4.74 Å². The van der Waals surface area contributed by atoms with Gasteiger partial charge in [0.25, 0.3) is 5.91 Å². The van der Waals surface area contributed by atoms with Crippen molar-refractivity contribution in [3.8, 4) is 5.88 Å². The van der Waals surface area contributed by atoms with Crippen LogP contribution in [0.2, 0.25) is 0 Å². The molecular weight excluding hydrogens is 306 g/mol. The van der Waals surface area contributed by atoms with Crippen molar-refractivity contribution in [2.45, 2.75) is 0 Å². The molecule has 0 spiro atoms. The standard InChI is InChI=1S/C18H23N3O3/c1-23-12-11-20-7-9-21(10-8-20)18(22)15-3-5-16-14(13-15)4-6-17(19-16)24-2/h3-6,13H,7-12H2,1-2H3. The van der Waals surface area contributed by atoms with Gasteiger partial charge in [-0.2, -0.15) is 0 Å². The first-order valence-electron chi connectivity index (χ1n) is 8.16. The third-order valence-electron chi connectivity index (χ3n) is 4.39. The fourth-order valence-electron chi connectivity index (χ4n) is 2.93. The van der Waals surface area contributed by atoms with Crippen LogP contribution in [0.25, 0.3) is 10.9 Å². The van der Waals surface area contributed by atoms with E-state index in [0.717, 1.165) is 50.2 Å². The Morgan fingerprint density at radius 3 is 2.62 bits per heavy atom. The van der Waals surface area contributed by atoms with Gasteiger partial charge in [-0.25, -0.2) is 4.98 Å². The molecule has 0 atom stereocenters. The Hall–Kier alpha value is -2.18. The predicted molar refractivity (Wildman–Crippen MR) is 92.5 cm³/mol. The van der Waals surface area contributed by atoms with Crippen LogP contribution in [0.1, 0.15) is 10.4 Å². The molecule has 1 aliphatic heterocycles. The van der Waals surface area contributed by atoms with E-state index in [1.54, 1.807) is 14.2 Å². The van der Waals surface area contributed by atoms with Crippen LogP contribution in [0, 0.1) is 0 Å². The number of methoxy groups -OCH3 is 2. The molecule has 2 aromatic rings. The number of rotatable bonds is 5. The summed E-state index contributed by atoms with van der Waals surface area (Å²) in [6.07, 6.45) is 0. The molecule has 24 heavy (non-hydrogen) atoms. The first-order valence-corrected chi connectivity index (χ1v) is 8.16. The Morgan fingerprint density at radius 2 is 1.92 bits per heavy atom. The second-order valence-corrected chi connectivity index (χ2v) is 5.89. The number of hydrogen-bond acceptors (Lipinski definition) is 5. The summed E-state index contributed by atoms with van der Waals surface area (Å²) in [5, 5.41) is 0.945. The van der Waals surface area contributed by atoms with Crippen LogP contribution >= 0.6 is 0 Å². The summed E-state index contributed by atoms with van der Waals surface area (Å²) in [7, 11) is 3.31. The van der Waals surface area contributed by atoms with E-state index >= 15 is 0 Å². The highest BCUT2D eigenvalue weighted by Gasteiger charge is 2.22. The fraction of sp³-hybridized carbons (Fsp3) is 0.444. The zero-order valence-corrected chi connectivity index (χ0v) is 14.2. The summed E-state index contributed by atoms with van der Waals surface area (Å²) < 4.78 is 10.2. The quantitative estimate of drug-likeness (QED) is 0.835. The van der Waals surface area contributed by atoms with Crippen molar-refractivity contribution in [2.75, 3.05) is 53.6 Å². The zero-order chi connectivity index (χ0) is 16.9. The van der Waals surface area contributed by atoms with Gasteiger partial charge in [0.1, 0.15) is 0 Å². The largest absolute Gasteiger partial charge is 0.481 e. The zero-order valence-electron chi connectivity index (χ0n) is 14.2. The van der Waals surface area contributed by atoms with E-state index in [-0.39, 0.29) is 5.91 Å². The van der Waals surface area contributed by atoms with Crippen LogP contribution in [0.4, 0.5) is 0 Å².